The maximum absolute atomic E-state index is 12.0. The van der Waals surface area contributed by atoms with Gasteiger partial charge in [-0.2, -0.15) is 5.10 Å². The van der Waals surface area contributed by atoms with E-state index in [2.05, 4.69) is 47.0 Å². The van der Waals surface area contributed by atoms with E-state index in [0.717, 1.165) is 49.0 Å². The van der Waals surface area contributed by atoms with E-state index in [-0.39, 0.29) is 11.8 Å². The minimum Gasteiger partial charge on any atom is -0.357 e. The van der Waals surface area contributed by atoms with Gasteiger partial charge < -0.3 is 16.0 Å². The first-order valence-electron chi connectivity index (χ1n) is 9.99. The van der Waals surface area contributed by atoms with Crippen LogP contribution in [0.1, 0.15) is 42.6 Å². The van der Waals surface area contributed by atoms with Gasteiger partial charge in [-0.05, 0) is 44.9 Å². The lowest BCUT2D eigenvalue weighted by molar-refractivity contribution is -0.116. The van der Waals surface area contributed by atoms with Crippen LogP contribution in [0.3, 0.4) is 0 Å². The van der Waals surface area contributed by atoms with E-state index >= 15 is 0 Å². The van der Waals surface area contributed by atoms with Crippen molar-refractivity contribution in [1.29, 1.82) is 0 Å². The number of hydrogen-bond acceptors (Lipinski definition) is 3. The van der Waals surface area contributed by atoms with Crippen molar-refractivity contribution in [2.45, 2.75) is 46.1 Å². The number of nitrogens with one attached hydrogen (secondary N) is 3. The summed E-state index contributed by atoms with van der Waals surface area (Å²) >= 11 is 0. The molecular weight excluding hydrogens is 352 g/mol. The average molecular weight is 383 g/mol. The van der Waals surface area contributed by atoms with Gasteiger partial charge in [0.1, 0.15) is 0 Å². The number of nitrogens with zero attached hydrogens (tertiary/aromatic N) is 3. The molecule has 0 spiro atoms. The van der Waals surface area contributed by atoms with Crippen molar-refractivity contribution in [3.8, 4) is 0 Å². The molecule has 0 saturated carbocycles. The molecule has 28 heavy (non-hydrogen) atoms. The van der Waals surface area contributed by atoms with E-state index in [4.69, 9.17) is 4.99 Å². The van der Waals surface area contributed by atoms with Crippen molar-refractivity contribution in [3.05, 3.63) is 47.3 Å². The maximum atomic E-state index is 12.0. The standard InChI is InChI=1S/C21H30N6O/c1-4-22-21(23-10-7-11-27-16(3)12-15(2)26-27)24-14-17-13-20(28)25-19-9-6-5-8-18(17)19/h5-6,8-9,12,17H,4,7,10-11,13-14H2,1-3H3,(H,25,28)(H2,22,23,24). The van der Waals surface area contributed by atoms with Gasteiger partial charge in [-0.3, -0.25) is 14.5 Å². The molecule has 7 heteroatoms. The number of hydrogen-bond donors (Lipinski definition) is 3. The minimum absolute atomic E-state index is 0.0572. The minimum atomic E-state index is 0.0572. The van der Waals surface area contributed by atoms with Gasteiger partial charge in [0.15, 0.2) is 5.96 Å². The number of guanidine groups is 1. The number of amides is 1. The van der Waals surface area contributed by atoms with Crippen LogP contribution in [0.2, 0.25) is 0 Å². The number of para-hydroxylation sites is 1. The summed E-state index contributed by atoms with van der Waals surface area (Å²) in [5, 5.41) is 14.1. The molecule has 0 saturated heterocycles. The molecule has 3 N–H and O–H groups in total. The zero-order valence-electron chi connectivity index (χ0n) is 17.0. The Morgan fingerprint density at radius 2 is 2.14 bits per heavy atom. The zero-order valence-corrected chi connectivity index (χ0v) is 17.0. The summed E-state index contributed by atoms with van der Waals surface area (Å²) in [7, 11) is 0. The Balaban J connectivity index is 1.55. The van der Waals surface area contributed by atoms with E-state index in [1.54, 1.807) is 0 Å². The van der Waals surface area contributed by atoms with Gasteiger partial charge in [0.25, 0.3) is 0 Å². The maximum Gasteiger partial charge on any atom is 0.225 e. The number of carbonyl (C=O) groups is 1. The number of fused-ring (bicyclic) bond motifs is 1. The fraction of sp³-hybridized carbons (Fsp3) is 0.476. The highest BCUT2D eigenvalue weighted by Crippen LogP contribution is 2.31. The number of anilines is 1. The van der Waals surface area contributed by atoms with Gasteiger partial charge >= 0.3 is 0 Å². The van der Waals surface area contributed by atoms with Crippen molar-refractivity contribution < 1.29 is 4.79 Å². The van der Waals surface area contributed by atoms with Crippen LogP contribution in [-0.4, -0.2) is 41.3 Å². The molecule has 7 nitrogen and oxygen atoms in total. The number of aromatic nitrogens is 2. The van der Waals surface area contributed by atoms with Crippen molar-refractivity contribution in [3.63, 3.8) is 0 Å². The Bertz CT molecular complexity index is 841. The first-order valence-corrected chi connectivity index (χ1v) is 9.99. The van der Waals surface area contributed by atoms with Crippen LogP contribution in [-0.2, 0) is 11.3 Å². The molecule has 1 aliphatic heterocycles. The van der Waals surface area contributed by atoms with Crippen LogP contribution in [0.25, 0.3) is 0 Å². The van der Waals surface area contributed by atoms with Crippen LogP contribution < -0.4 is 16.0 Å². The third-order valence-corrected chi connectivity index (χ3v) is 4.86. The zero-order chi connectivity index (χ0) is 19.9. The molecule has 1 aromatic heterocycles. The van der Waals surface area contributed by atoms with Crippen molar-refractivity contribution in [2.75, 3.05) is 25.0 Å². The number of carbonyl (C=O) groups excluding carboxylic acids is 1. The summed E-state index contributed by atoms with van der Waals surface area (Å²) in [6.07, 6.45) is 1.43. The van der Waals surface area contributed by atoms with E-state index in [9.17, 15) is 4.79 Å². The predicted octanol–water partition coefficient (Wildman–Crippen LogP) is 2.57. The van der Waals surface area contributed by atoms with Gasteiger partial charge in [-0.1, -0.05) is 18.2 Å². The molecule has 0 aliphatic carbocycles. The van der Waals surface area contributed by atoms with Crippen LogP contribution in [0.5, 0.6) is 0 Å². The second-order valence-corrected chi connectivity index (χ2v) is 7.19. The lowest BCUT2D eigenvalue weighted by Gasteiger charge is -2.24. The molecule has 1 amide bonds. The molecule has 3 rings (SSSR count). The summed E-state index contributed by atoms with van der Waals surface area (Å²) in [5.41, 5.74) is 4.30. The molecule has 0 fully saturated rings. The third kappa shape index (κ3) is 5.12. The van der Waals surface area contributed by atoms with Crippen LogP contribution in [0.15, 0.2) is 35.3 Å². The van der Waals surface area contributed by atoms with Crippen molar-refractivity contribution >= 4 is 17.6 Å². The van der Waals surface area contributed by atoms with Gasteiger partial charge in [0.2, 0.25) is 5.91 Å². The highest BCUT2D eigenvalue weighted by atomic mass is 16.1. The molecule has 1 aromatic carbocycles. The van der Waals surface area contributed by atoms with Crippen LogP contribution in [0.4, 0.5) is 5.69 Å². The number of aliphatic imine (C=N–C) groups is 1. The molecule has 1 atom stereocenters. The Morgan fingerprint density at radius 3 is 2.89 bits per heavy atom. The molecular formula is C21H30N6O. The second kappa shape index (κ2) is 9.39. The van der Waals surface area contributed by atoms with E-state index in [1.807, 2.05) is 29.8 Å². The molecule has 0 bridgehead atoms. The van der Waals surface area contributed by atoms with E-state index < -0.39 is 0 Å². The van der Waals surface area contributed by atoms with Crippen LogP contribution >= 0.6 is 0 Å². The monoisotopic (exact) mass is 382 g/mol. The Morgan fingerprint density at radius 1 is 1.32 bits per heavy atom. The predicted molar refractivity (Wildman–Crippen MR) is 113 cm³/mol. The lowest BCUT2D eigenvalue weighted by Crippen LogP contribution is -2.38. The third-order valence-electron chi connectivity index (χ3n) is 4.86. The van der Waals surface area contributed by atoms with Gasteiger partial charge in [0, 0.05) is 43.4 Å². The van der Waals surface area contributed by atoms with Crippen molar-refractivity contribution in [2.24, 2.45) is 4.99 Å². The van der Waals surface area contributed by atoms with Gasteiger partial charge in [-0.25, -0.2) is 0 Å². The Hall–Kier alpha value is -2.83. The fourth-order valence-corrected chi connectivity index (χ4v) is 3.54. The van der Waals surface area contributed by atoms with Crippen molar-refractivity contribution in [1.82, 2.24) is 20.4 Å². The summed E-state index contributed by atoms with van der Waals surface area (Å²) in [6.45, 7) is 9.21. The normalized spacial score (nSPS) is 16.5. The SMILES string of the molecule is CCNC(=NCC1CC(=O)Nc2ccccc21)NCCCn1nc(C)cc1C. The summed E-state index contributed by atoms with van der Waals surface area (Å²) < 4.78 is 2.04. The molecule has 2 heterocycles. The second-order valence-electron chi connectivity index (χ2n) is 7.19. The average Bonchev–Trinajstić information content (AvgIpc) is 2.99. The topological polar surface area (TPSA) is 83.3 Å². The smallest absolute Gasteiger partial charge is 0.225 e. The quantitative estimate of drug-likeness (QED) is 0.390. The summed E-state index contributed by atoms with van der Waals surface area (Å²) in [4.78, 5) is 16.7. The first kappa shape index (κ1) is 19.9. The van der Waals surface area contributed by atoms with Gasteiger partial charge in [0.05, 0.1) is 12.2 Å². The number of aryl methyl sites for hydroxylation is 3. The molecule has 150 valence electrons. The number of benzene rings is 1. The highest BCUT2D eigenvalue weighted by molar-refractivity contribution is 5.94. The molecule has 2 aromatic rings. The van der Waals surface area contributed by atoms with E-state index in [0.29, 0.717) is 13.0 Å². The van der Waals surface area contributed by atoms with E-state index in [1.165, 1.54) is 5.69 Å². The van der Waals surface area contributed by atoms with Crippen LogP contribution in [0, 0.1) is 13.8 Å². The molecule has 1 aliphatic rings. The number of rotatable bonds is 7. The lowest BCUT2D eigenvalue weighted by atomic mass is 9.91. The Labute approximate surface area is 166 Å². The molecule has 1 unspecified atom stereocenters. The first-order chi connectivity index (χ1) is 13.6. The summed E-state index contributed by atoms with van der Waals surface area (Å²) in [6, 6.07) is 10.1. The van der Waals surface area contributed by atoms with Gasteiger partial charge in [-0.15, -0.1) is 0 Å². The largest absolute Gasteiger partial charge is 0.357 e. The fourth-order valence-electron chi connectivity index (χ4n) is 3.54. The highest BCUT2D eigenvalue weighted by Gasteiger charge is 2.24. The Kier molecular flexibility index (Phi) is 6.68. The summed E-state index contributed by atoms with van der Waals surface area (Å²) in [5.74, 6) is 0.955. The molecule has 0 radical (unpaired) electrons.